The first-order chi connectivity index (χ1) is 8.54. The van der Waals surface area contributed by atoms with E-state index in [-0.39, 0.29) is 10.7 Å². The number of nitrogens with two attached hydrogens (primary N) is 1. The van der Waals surface area contributed by atoms with Crippen LogP contribution >= 0.6 is 11.6 Å². The summed E-state index contributed by atoms with van der Waals surface area (Å²) >= 11 is 5.92. The number of carbonyl (C=O) groups is 2. The van der Waals surface area contributed by atoms with Gasteiger partial charge in [0.25, 0.3) is 0 Å². The highest BCUT2D eigenvalue weighted by molar-refractivity contribution is 6.32. The lowest BCUT2D eigenvalue weighted by molar-refractivity contribution is -0.119. The minimum atomic E-state index is -0.436. The van der Waals surface area contributed by atoms with E-state index in [9.17, 15) is 9.59 Å². The van der Waals surface area contributed by atoms with E-state index < -0.39 is 11.9 Å². The van der Waals surface area contributed by atoms with E-state index in [2.05, 4.69) is 9.97 Å². The molecule has 1 amide bonds. The van der Waals surface area contributed by atoms with Crippen LogP contribution in [-0.4, -0.2) is 34.7 Å². The molecule has 1 unspecified atom stereocenters. The molecule has 0 aromatic carbocycles. The Hall–Kier alpha value is -1.69. The molecule has 0 radical (unpaired) electrons. The molecule has 18 heavy (non-hydrogen) atoms. The third kappa shape index (κ3) is 2.15. The van der Waals surface area contributed by atoms with Gasteiger partial charge in [-0.15, -0.1) is 0 Å². The van der Waals surface area contributed by atoms with Crippen LogP contribution in [-0.2, 0) is 4.79 Å². The Kier molecular flexibility index (Phi) is 3.47. The first kappa shape index (κ1) is 12.8. The van der Waals surface area contributed by atoms with Gasteiger partial charge in [-0.1, -0.05) is 11.6 Å². The Morgan fingerprint density at radius 2 is 2.28 bits per heavy atom. The maximum atomic E-state index is 11.4. The monoisotopic (exact) mass is 268 g/mol. The van der Waals surface area contributed by atoms with Gasteiger partial charge >= 0.3 is 0 Å². The Balaban J connectivity index is 2.49. The zero-order valence-corrected chi connectivity index (χ0v) is 10.6. The summed E-state index contributed by atoms with van der Waals surface area (Å²) in [5.74, 6) is 0.427. The Labute approximate surface area is 109 Å². The predicted octanol–water partition coefficient (Wildman–Crippen LogP) is 0.705. The molecule has 0 aliphatic carbocycles. The largest absolute Gasteiger partial charge is 0.368 e. The third-order valence-electron chi connectivity index (χ3n) is 2.96. The minimum absolute atomic E-state index is 0.0996. The SMILES string of the molecule is Cc1nc(Cl)c(C=O)c(N2CCCC2C(N)=O)n1. The summed E-state index contributed by atoms with van der Waals surface area (Å²) in [5, 5.41) is 0.0996. The molecule has 0 bridgehead atoms. The average Bonchev–Trinajstić information content (AvgIpc) is 2.76. The van der Waals surface area contributed by atoms with Crippen molar-refractivity contribution in [3.8, 4) is 0 Å². The van der Waals surface area contributed by atoms with Gasteiger partial charge in [-0.2, -0.15) is 0 Å². The standard InChI is InChI=1S/C11H13ClN4O2/c1-6-14-9(12)7(5-17)11(15-6)16-4-2-3-8(16)10(13)18/h5,8H,2-4H2,1H3,(H2,13,18). The molecule has 2 N–H and O–H groups in total. The third-order valence-corrected chi connectivity index (χ3v) is 3.25. The molecule has 1 saturated heterocycles. The van der Waals surface area contributed by atoms with Crippen LogP contribution in [0.3, 0.4) is 0 Å². The first-order valence-corrected chi connectivity index (χ1v) is 5.97. The molecular formula is C11H13ClN4O2. The number of aromatic nitrogens is 2. The number of aryl methyl sites for hydroxylation is 1. The van der Waals surface area contributed by atoms with E-state index in [1.54, 1.807) is 11.8 Å². The summed E-state index contributed by atoms with van der Waals surface area (Å²) < 4.78 is 0. The van der Waals surface area contributed by atoms with Gasteiger partial charge in [0.15, 0.2) is 6.29 Å². The molecule has 7 heteroatoms. The van der Waals surface area contributed by atoms with Crippen LogP contribution in [0.25, 0.3) is 0 Å². The van der Waals surface area contributed by atoms with Crippen molar-refractivity contribution in [3.05, 3.63) is 16.5 Å². The number of amides is 1. The van der Waals surface area contributed by atoms with E-state index in [1.807, 2.05) is 0 Å². The predicted molar refractivity (Wildman–Crippen MR) is 66.7 cm³/mol. The van der Waals surface area contributed by atoms with Gasteiger partial charge < -0.3 is 10.6 Å². The molecular weight excluding hydrogens is 256 g/mol. The van der Waals surface area contributed by atoms with E-state index in [4.69, 9.17) is 17.3 Å². The van der Waals surface area contributed by atoms with Crippen molar-refractivity contribution in [3.63, 3.8) is 0 Å². The second-order valence-corrected chi connectivity index (χ2v) is 4.53. The normalized spacial score (nSPS) is 19.0. The van der Waals surface area contributed by atoms with Crippen LogP contribution in [0.1, 0.15) is 29.0 Å². The molecule has 1 atom stereocenters. The fraction of sp³-hybridized carbons (Fsp3) is 0.455. The van der Waals surface area contributed by atoms with Crippen molar-refractivity contribution in [1.29, 1.82) is 0 Å². The Morgan fingerprint density at radius 1 is 1.56 bits per heavy atom. The summed E-state index contributed by atoms with van der Waals surface area (Å²) in [6.45, 7) is 2.31. The summed E-state index contributed by atoms with van der Waals surface area (Å²) in [6.07, 6.45) is 2.09. The van der Waals surface area contributed by atoms with Gasteiger partial charge in [-0.3, -0.25) is 9.59 Å². The summed E-state index contributed by atoms with van der Waals surface area (Å²) in [6, 6.07) is -0.436. The molecule has 6 nitrogen and oxygen atoms in total. The second kappa shape index (κ2) is 4.89. The molecule has 1 aliphatic rings. The van der Waals surface area contributed by atoms with Crippen LogP contribution < -0.4 is 10.6 Å². The number of primary amides is 1. The quantitative estimate of drug-likeness (QED) is 0.644. The molecule has 2 rings (SSSR count). The lowest BCUT2D eigenvalue weighted by Gasteiger charge is -2.24. The van der Waals surface area contributed by atoms with E-state index in [0.717, 1.165) is 6.42 Å². The Bertz CT molecular complexity index is 506. The van der Waals surface area contributed by atoms with Crippen molar-refractivity contribution in [2.75, 3.05) is 11.4 Å². The fourth-order valence-corrected chi connectivity index (χ4v) is 2.42. The number of halogens is 1. The fourth-order valence-electron chi connectivity index (χ4n) is 2.17. The van der Waals surface area contributed by atoms with Gasteiger partial charge in [0, 0.05) is 6.54 Å². The number of carbonyl (C=O) groups excluding carboxylic acids is 2. The van der Waals surface area contributed by atoms with Crippen LogP contribution in [0.2, 0.25) is 5.15 Å². The highest BCUT2D eigenvalue weighted by atomic mass is 35.5. The lowest BCUT2D eigenvalue weighted by Crippen LogP contribution is -2.41. The molecule has 96 valence electrons. The molecule has 0 saturated carbocycles. The molecule has 1 fully saturated rings. The average molecular weight is 269 g/mol. The first-order valence-electron chi connectivity index (χ1n) is 5.60. The Morgan fingerprint density at radius 3 is 2.89 bits per heavy atom. The maximum absolute atomic E-state index is 11.4. The number of hydrogen-bond donors (Lipinski definition) is 1. The molecule has 0 spiro atoms. The lowest BCUT2D eigenvalue weighted by atomic mass is 10.2. The highest BCUT2D eigenvalue weighted by Crippen LogP contribution is 2.29. The van der Waals surface area contributed by atoms with Crippen molar-refractivity contribution in [2.24, 2.45) is 5.73 Å². The maximum Gasteiger partial charge on any atom is 0.240 e. The summed E-state index contributed by atoms with van der Waals surface area (Å²) in [7, 11) is 0. The van der Waals surface area contributed by atoms with Crippen molar-refractivity contribution >= 4 is 29.6 Å². The summed E-state index contributed by atoms with van der Waals surface area (Å²) in [4.78, 5) is 32.3. The van der Waals surface area contributed by atoms with Gasteiger partial charge in [-0.25, -0.2) is 9.97 Å². The van der Waals surface area contributed by atoms with Crippen molar-refractivity contribution < 1.29 is 9.59 Å². The van der Waals surface area contributed by atoms with Crippen LogP contribution in [0.15, 0.2) is 0 Å². The topological polar surface area (TPSA) is 89.2 Å². The van der Waals surface area contributed by atoms with Gasteiger partial charge in [0.1, 0.15) is 22.8 Å². The number of hydrogen-bond acceptors (Lipinski definition) is 5. The van der Waals surface area contributed by atoms with Gasteiger partial charge in [-0.05, 0) is 19.8 Å². The molecule has 1 aliphatic heterocycles. The second-order valence-electron chi connectivity index (χ2n) is 4.17. The van der Waals surface area contributed by atoms with Crippen molar-refractivity contribution in [1.82, 2.24) is 9.97 Å². The van der Waals surface area contributed by atoms with E-state index in [1.165, 1.54) is 0 Å². The molecule has 2 heterocycles. The minimum Gasteiger partial charge on any atom is -0.368 e. The van der Waals surface area contributed by atoms with E-state index in [0.29, 0.717) is 30.9 Å². The van der Waals surface area contributed by atoms with Crippen LogP contribution in [0.4, 0.5) is 5.82 Å². The highest BCUT2D eigenvalue weighted by Gasteiger charge is 2.32. The van der Waals surface area contributed by atoms with Crippen LogP contribution in [0, 0.1) is 6.92 Å². The van der Waals surface area contributed by atoms with Crippen molar-refractivity contribution in [2.45, 2.75) is 25.8 Å². The number of nitrogens with zero attached hydrogens (tertiary/aromatic N) is 3. The number of anilines is 1. The zero-order valence-electron chi connectivity index (χ0n) is 9.89. The molecule has 1 aromatic rings. The number of aldehydes is 1. The number of rotatable bonds is 3. The summed E-state index contributed by atoms with van der Waals surface area (Å²) in [5.41, 5.74) is 5.55. The smallest absolute Gasteiger partial charge is 0.240 e. The molecule has 1 aromatic heterocycles. The zero-order chi connectivity index (χ0) is 13.3. The van der Waals surface area contributed by atoms with Gasteiger partial charge in [0.05, 0.1) is 5.56 Å². The van der Waals surface area contributed by atoms with Crippen LogP contribution in [0.5, 0.6) is 0 Å². The van der Waals surface area contributed by atoms with Gasteiger partial charge in [0.2, 0.25) is 5.91 Å². The van der Waals surface area contributed by atoms with E-state index >= 15 is 0 Å².